The maximum absolute atomic E-state index is 13.5. The highest BCUT2D eigenvalue weighted by Crippen LogP contribution is 2.40. The third-order valence-corrected chi connectivity index (χ3v) is 8.02. The van der Waals surface area contributed by atoms with Crippen molar-refractivity contribution >= 4 is 28.0 Å². The summed E-state index contributed by atoms with van der Waals surface area (Å²) in [7, 11) is 1.61. The number of hydrogen-bond acceptors (Lipinski definition) is 6. The zero-order valence-corrected chi connectivity index (χ0v) is 20.8. The number of anilines is 1. The lowest BCUT2D eigenvalue weighted by atomic mass is 9.89. The van der Waals surface area contributed by atoms with Gasteiger partial charge in [0.2, 0.25) is 0 Å². The molecule has 2 aliphatic heterocycles. The van der Waals surface area contributed by atoms with Crippen LogP contribution in [0.15, 0.2) is 60.7 Å². The van der Waals surface area contributed by atoms with Gasteiger partial charge in [-0.15, -0.1) is 11.3 Å². The van der Waals surface area contributed by atoms with Gasteiger partial charge in [-0.05, 0) is 48.7 Å². The zero-order chi connectivity index (χ0) is 24.2. The van der Waals surface area contributed by atoms with Crippen molar-refractivity contribution in [2.24, 2.45) is 5.92 Å². The minimum atomic E-state index is -0.0560. The second-order valence-corrected chi connectivity index (χ2v) is 9.98. The lowest BCUT2D eigenvalue weighted by molar-refractivity contribution is 0.0654. The number of benzene rings is 2. The Bertz CT molecular complexity index is 1160. The summed E-state index contributed by atoms with van der Waals surface area (Å²) in [5.74, 6) is 0.891. The molecule has 0 N–H and O–H groups in total. The minimum absolute atomic E-state index is 0.0560. The van der Waals surface area contributed by atoms with Crippen LogP contribution in [-0.2, 0) is 4.74 Å². The number of ether oxygens (including phenoxy) is 2. The summed E-state index contributed by atoms with van der Waals surface area (Å²) >= 11 is 1.57. The number of Topliss-reactive ketones (excluding diaryl/α,β-unsaturated/α-hetero) is 1. The highest BCUT2D eigenvalue weighted by Gasteiger charge is 2.30. The van der Waals surface area contributed by atoms with Crippen molar-refractivity contribution < 1.29 is 19.1 Å². The lowest BCUT2D eigenvalue weighted by Gasteiger charge is -2.31. The Labute approximate surface area is 210 Å². The van der Waals surface area contributed by atoms with Gasteiger partial charge in [-0.25, -0.2) is 0 Å². The summed E-state index contributed by atoms with van der Waals surface area (Å²) in [6.45, 7) is 4.24. The van der Waals surface area contributed by atoms with Gasteiger partial charge in [0, 0.05) is 43.2 Å². The highest BCUT2D eigenvalue weighted by molar-refractivity contribution is 7.18. The first-order valence-electron chi connectivity index (χ1n) is 12.1. The van der Waals surface area contributed by atoms with E-state index in [9.17, 15) is 9.59 Å². The van der Waals surface area contributed by atoms with Gasteiger partial charge in [-0.3, -0.25) is 9.59 Å². The van der Waals surface area contributed by atoms with E-state index < -0.39 is 0 Å². The number of carbonyl (C=O) groups excluding carboxylic acids is 2. The molecular weight excluding hydrogens is 460 g/mol. The van der Waals surface area contributed by atoms with Crippen LogP contribution in [-0.4, -0.2) is 63.1 Å². The Morgan fingerprint density at radius 3 is 2.29 bits per heavy atom. The van der Waals surface area contributed by atoms with Crippen molar-refractivity contribution in [2.75, 3.05) is 51.4 Å². The number of carbonyl (C=O) groups is 2. The van der Waals surface area contributed by atoms with Crippen LogP contribution in [0.5, 0.6) is 5.75 Å². The molecule has 3 heterocycles. The van der Waals surface area contributed by atoms with Crippen LogP contribution < -0.4 is 9.64 Å². The number of hydrogen-bond donors (Lipinski definition) is 0. The molecule has 1 aromatic heterocycles. The van der Waals surface area contributed by atoms with Crippen molar-refractivity contribution in [3.8, 4) is 16.9 Å². The van der Waals surface area contributed by atoms with E-state index >= 15 is 0 Å². The van der Waals surface area contributed by atoms with E-state index in [1.54, 1.807) is 18.4 Å². The number of rotatable bonds is 6. The van der Waals surface area contributed by atoms with E-state index in [4.69, 9.17) is 9.47 Å². The van der Waals surface area contributed by atoms with Crippen LogP contribution in [0.2, 0.25) is 0 Å². The summed E-state index contributed by atoms with van der Waals surface area (Å²) in [6.07, 6.45) is 1.37. The second kappa shape index (κ2) is 10.6. The molecule has 0 aliphatic carbocycles. The SMILES string of the molecule is COc1ccc(C(=O)C2CCN(C(=O)c3cc(-c4ccccc4)c(N4CCOCC4)s3)CC2)cc1. The standard InChI is InChI=1S/C28H30N2O4S/c1-33-23-9-7-21(8-10-23)26(31)22-11-13-29(14-12-22)27(32)25-19-24(20-5-3-2-4-6-20)28(35-25)30-15-17-34-18-16-30/h2-10,19,22H,11-18H2,1H3. The number of nitrogens with zero attached hydrogens (tertiary/aromatic N) is 2. The number of thiophene rings is 1. The van der Waals surface area contributed by atoms with Crippen molar-refractivity contribution in [3.05, 3.63) is 71.1 Å². The topological polar surface area (TPSA) is 59.1 Å². The normalized spacial score (nSPS) is 16.8. The van der Waals surface area contributed by atoms with Crippen molar-refractivity contribution in [1.29, 1.82) is 0 Å². The van der Waals surface area contributed by atoms with Gasteiger partial charge in [0.25, 0.3) is 5.91 Å². The molecule has 0 saturated carbocycles. The Balaban J connectivity index is 1.30. The summed E-state index contributed by atoms with van der Waals surface area (Å²) in [5, 5.41) is 1.13. The average molecular weight is 491 g/mol. The van der Waals surface area contributed by atoms with Crippen LogP contribution >= 0.6 is 11.3 Å². The largest absolute Gasteiger partial charge is 0.497 e. The molecular formula is C28H30N2O4S. The number of morpholine rings is 1. The predicted molar refractivity (Wildman–Crippen MR) is 139 cm³/mol. The van der Waals surface area contributed by atoms with E-state index in [1.807, 2.05) is 53.4 Å². The molecule has 0 spiro atoms. The van der Waals surface area contributed by atoms with Gasteiger partial charge in [0.15, 0.2) is 5.78 Å². The smallest absolute Gasteiger partial charge is 0.264 e. The first-order chi connectivity index (χ1) is 17.1. The van der Waals surface area contributed by atoms with Crippen LogP contribution in [0, 0.1) is 5.92 Å². The lowest BCUT2D eigenvalue weighted by Crippen LogP contribution is -2.40. The number of amides is 1. The number of ketones is 1. The molecule has 6 nitrogen and oxygen atoms in total. The van der Waals surface area contributed by atoms with Gasteiger partial charge in [-0.1, -0.05) is 30.3 Å². The molecule has 182 valence electrons. The molecule has 0 radical (unpaired) electrons. The molecule has 2 aliphatic rings. The van der Waals surface area contributed by atoms with E-state index in [0.717, 1.165) is 39.8 Å². The average Bonchev–Trinajstić information content (AvgIpc) is 3.39. The molecule has 0 unspecified atom stereocenters. The predicted octanol–water partition coefficient (Wildman–Crippen LogP) is 5.00. The molecule has 3 aromatic rings. The van der Waals surface area contributed by atoms with Gasteiger partial charge in [0.1, 0.15) is 5.75 Å². The van der Waals surface area contributed by atoms with Crippen LogP contribution in [0.1, 0.15) is 32.9 Å². The molecule has 7 heteroatoms. The molecule has 1 amide bonds. The van der Waals surface area contributed by atoms with Crippen LogP contribution in [0.4, 0.5) is 5.00 Å². The van der Waals surface area contributed by atoms with Crippen molar-refractivity contribution in [1.82, 2.24) is 4.90 Å². The quantitative estimate of drug-likeness (QED) is 0.456. The van der Waals surface area contributed by atoms with Crippen LogP contribution in [0.3, 0.4) is 0 Å². The molecule has 5 rings (SSSR count). The number of methoxy groups -OCH3 is 1. The molecule has 2 aromatic carbocycles. The summed E-state index contributed by atoms with van der Waals surface area (Å²) in [6, 6.07) is 19.6. The third-order valence-electron chi connectivity index (χ3n) is 6.83. The highest BCUT2D eigenvalue weighted by atomic mass is 32.1. The maximum Gasteiger partial charge on any atom is 0.264 e. The number of piperidine rings is 1. The molecule has 0 bridgehead atoms. The zero-order valence-electron chi connectivity index (χ0n) is 19.9. The Morgan fingerprint density at radius 1 is 0.943 bits per heavy atom. The van der Waals surface area contributed by atoms with E-state index in [0.29, 0.717) is 44.7 Å². The minimum Gasteiger partial charge on any atom is -0.497 e. The molecule has 0 atom stereocenters. The molecule has 35 heavy (non-hydrogen) atoms. The first kappa shape index (κ1) is 23.6. The number of likely N-dealkylation sites (tertiary alicyclic amines) is 1. The Kier molecular flexibility index (Phi) is 7.16. The fraction of sp³-hybridized carbons (Fsp3) is 0.357. The monoisotopic (exact) mass is 490 g/mol. The van der Waals surface area contributed by atoms with Gasteiger partial charge >= 0.3 is 0 Å². The van der Waals surface area contributed by atoms with E-state index in [-0.39, 0.29) is 17.6 Å². The van der Waals surface area contributed by atoms with E-state index in [2.05, 4.69) is 17.0 Å². The Hall–Kier alpha value is -3.16. The third kappa shape index (κ3) is 5.11. The Morgan fingerprint density at radius 2 is 1.63 bits per heavy atom. The van der Waals surface area contributed by atoms with Crippen molar-refractivity contribution in [2.45, 2.75) is 12.8 Å². The van der Waals surface area contributed by atoms with E-state index in [1.165, 1.54) is 0 Å². The van der Waals surface area contributed by atoms with Gasteiger partial charge < -0.3 is 19.3 Å². The fourth-order valence-corrected chi connectivity index (χ4v) is 6.00. The summed E-state index contributed by atoms with van der Waals surface area (Å²) in [5.41, 5.74) is 2.93. The molecule has 2 fully saturated rings. The van der Waals surface area contributed by atoms with Gasteiger partial charge in [-0.2, -0.15) is 0 Å². The summed E-state index contributed by atoms with van der Waals surface area (Å²) in [4.78, 5) is 31.4. The second-order valence-electron chi connectivity index (χ2n) is 8.95. The van der Waals surface area contributed by atoms with Crippen LogP contribution in [0.25, 0.3) is 11.1 Å². The fourth-order valence-electron chi connectivity index (χ4n) is 4.80. The van der Waals surface area contributed by atoms with Crippen molar-refractivity contribution in [3.63, 3.8) is 0 Å². The van der Waals surface area contributed by atoms with Gasteiger partial charge in [0.05, 0.1) is 30.2 Å². The summed E-state index contributed by atoms with van der Waals surface area (Å²) < 4.78 is 10.7. The molecule has 2 saturated heterocycles. The first-order valence-corrected chi connectivity index (χ1v) is 12.9. The maximum atomic E-state index is 13.5.